The van der Waals surface area contributed by atoms with Gasteiger partial charge in [0.1, 0.15) is 6.10 Å². The van der Waals surface area contributed by atoms with Gasteiger partial charge in [0.15, 0.2) is 5.12 Å². The van der Waals surface area contributed by atoms with Crippen LogP contribution >= 0.6 is 11.8 Å². The van der Waals surface area contributed by atoms with Gasteiger partial charge in [0.2, 0.25) is 5.12 Å². The maximum atomic E-state index is 10.4. The molecule has 0 amide bonds. The number of carbonyl (C=O) groups excluding carboxylic acids is 2. The van der Waals surface area contributed by atoms with Crippen molar-refractivity contribution in [3.05, 3.63) is 0 Å². The van der Waals surface area contributed by atoms with E-state index in [0.29, 0.717) is 11.8 Å². The third kappa shape index (κ3) is 4.17. The highest BCUT2D eigenvalue weighted by molar-refractivity contribution is 8.26. The summed E-state index contributed by atoms with van der Waals surface area (Å²) in [7, 11) is 0. The molecule has 0 heterocycles. The molecule has 0 aromatic rings. The maximum absolute atomic E-state index is 10.4. The zero-order valence-corrected chi connectivity index (χ0v) is 6.07. The van der Waals surface area contributed by atoms with Crippen LogP contribution in [0.2, 0.25) is 0 Å². The second-order valence-electron chi connectivity index (χ2n) is 1.59. The molecule has 0 aliphatic carbocycles. The Morgan fingerprint density at radius 3 is 2.11 bits per heavy atom. The Morgan fingerprint density at radius 1 is 1.56 bits per heavy atom. The van der Waals surface area contributed by atoms with E-state index in [2.05, 4.69) is 0 Å². The molecule has 0 spiro atoms. The summed E-state index contributed by atoms with van der Waals surface area (Å²) in [5.74, 6) is 0. The van der Waals surface area contributed by atoms with Crippen LogP contribution < -0.4 is 0 Å². The van der Waals surface area contributed by atoms with Gasteiger partial charge in [-0.15, -0.1) is 0 Å². The summed E-state index contributed by atoms with van der Waals surface area (Å²) in [4.78, 5) is 20.6. The van der Waals surface area contributed by atoms with Crippen molar-refractivity contribution in [2.75, 3.05) is 0 Å². The molecule has 0 aliphatic rings. The molecule has 1 unspecified atom stereocenters. The van der Waals surface area contributed by atoms with Gasteiger partial charge in [-0.2, -0.15) is 0 Å². The molecule has 0 bridgehead atoms. The Bertz CT molecular complexity index is 130. The van der Waals surface area contributed by atoms with Gasteiger partial charge in [0.05, 0.1) is 0 Å². The topological polar surface area (TPSA) is 54.4 Å². The van der Waals surface area contributed by atoms with E-state index in [1.54, 1.807) is 0 Å². The van der Waals surface area contributed by atoms with E-state index in [0.717, 1.165) is 0 Å². The molecule has 9 heavy (non-hydrogen) atoms. The molecule has 52 valence electrons. The van der Waals surface area contributed by atoms with Gasteiger partial charge in [0, 0.05) is 6.92 Å². The number of rotatable bonds is 1. The van der Waals surface area contributed by atoms with E-state index >= 15 is 0 Å². The van der Waals surface area contributed by atoms with Gasteiger partial charge in [-0.3, -0.25) is 9.59 Å². The lowest BCUT2D eigenvalue weighted by Crippen LogP contribution is -2.12. The quantitative estimate of drug-likeness (QED) is 0.576. The average Bonchev–Trinajstić information content (AvgIpc) is 1.63. The second kappa shape index (κ2) is 3.63. The SMILES string of the molecule is CC(=O)SC(=O)C(C)O. The Labute approximate surface area is 57.4 Å². The Hall–Kier alpha value is -0.350. The highest BCUT2D eigenvalue weighted by Crippen LogP contribution is 2.05. The molecular formula is C5H8O3S. The van der Waals surface area contributed by atoms with Gasteiger partial charge in [0.25, 0.3) is 0 Å². The number of hydrogen-bond donors (Lipinski definition) is 1. The predicted octanol–water partition coefficient (Wildman–Crippen LogP) is 0.173. The minimum absolute atomic E-state index is 0.291. The van der Waals surface area contributed by atoms with E-state index in [1.807, 2.05) is 0 Å². The molecule has 1 atom stereocenters. The molecule has 4 heteroatoms. The van der Waals surface area contributed by atoms with Crippen molar-refractivity contribution in [2.24, 2.45) is 0 Å². The summed E-state index contributed by atoms with van der Waals surface area (Å²) < 4.78 is 0. The zero-order valence-electron chi connectivity index (χ0n) is 5.25. The van der Waals surface area contributed by atoms with E-state index in [-0.39, 0.29) is 5.12 Å². The van der Waals surface area contributed by atoms with Crippen molar-refractivity contribution in [3.8, 4) is 0 Å². The minimum atomic E-state index is -1.04. The van der Waals surface area contributed by atoms with Crippen LogP contribution in [0, 0.1) is 0 Å². The average molecular weight is 148 g/mol. The van der Waals surface area contributed by atoms with Crippen molar-refractivity contribution >= 4 is 22.0 Å². The Balaban J connectivity index is 3.64. The van der Waals surface area contributed by atoms with Gasteiger partial charge in [-0.25, -0.2) is 0 Å². The van der Waals surface area contributed by atoms with Crippen molar-refractivity contribution in [1.29, 1.82) is 0 Å². The first kappa shape index (κ1) is 8.65. The van der Waals surface area contributed by atoms with Crippen molar-refractivity contribution in [3.63, 3.8) is 0 Å². The van der Waals surface area contributed by atoms with Gasteiger partial charge in [-0.05, 0) is 18.7 Å². The van der Waals surface area contributed by atoms with Crippen LogP contribution in [-0.4, -0.2) is 21.4 Å². The summed E-state index contributed by atoms with van der Waals surface area (Å²) in [6.07, 6.45) is -1.04. The van der Waals surface area contributed by atoms with Crippen molar-refractivity contribution < 1.29 is 14.7 Å². The zero-order chi connectivity index (χ0) is 7.44. The first-order chi connectivity index (χ1) is 4.04. The second-order valence-corrected chi connectivity index (χ2v) is 2.77. The molecule has 3 nitrogen and oxygen atoms in total. The standard InChI is InChI=1S/C5H8O3S/c1-3(6)5(8)9-4(2)7/h3,6H,1-2H3. The number of hydrogen-bond acceptors (Lipinski definition) is 4. The lowest BCUT2D eigenvalue weighted by atomic mass is 10.5. The first-order valence-corrected chi connectivity index (χ1v) is 3.26. The number of aliphatic hydroxyl groups excluding tert-OH is 1. The fourth-order valence-electron chi connectivity index (χ4n) is 0.227. The van der Waals surface area contributed by atoms with Crippen molar-refractivity contribution in [1.82, 2.24) is 0 Å². The van der Waals surface area contributed by atoms with Crippen LogP contribution in [0.15, 0.2) is 0 Å². The van der Waals surface area contributed by atoms with E-state index < -0.39 is 11.2 Å². The molecular weight excluding hydrogens is 140 g/mol. The Kier molecular flexibility index (Phi) is 3.49. The minimum Gasteiger partial charge on any atom is -0.385 e. The monoisotopic (exact) mass is 148 g/mol. The summed E-state index contributed by atoms with van der Waals surface area (Å²) in [5, 5.41) is 7.76. The molecule has 0 fully saturated rings. The molecule has 0 saturated carbocycles. The van der Waals surface area contributed by atoms with Gasteiger partial charge >= 0.3 is 0 Å². The number of carbonyl (C=O) groups is 2. The van der Waals surface area contributed by atoms with Crippen LogP contribution in [0.4, 0.5) is 0 Å². The summed E-state index contributed by atoms with van der Waals surface area (Å²) in [6, 6.07) is 0. The highest BCUT2D eigenvalue weighted by Gasteiger charge is 2.11. The summed E-state index contributed by atoms with van der Waals surface area (Å²) >= 11 is 0.535. The fourth-order valence-corrected chi connectivity index (χ4v) is 0.681. The molecule has 0 aliphatic heterocycles. The normalized spacial score (nSPS) is 12.8. The van der Waals surface area contributed by atoms with Gasteiger partial charge in [-0.1, -0.05) is 0 Å². The molecule has 0 aromatic heterocycles. The largest absolute Gasteiger partial charge is 0.385 e. The third-order valence-corrected chi connectivity index (χ3v) is 1.42. The maximum Gasteiger partial charge on any atom is 0.224 e. The van der Waals surface area contributed by atoms with Crippen LogP contribution in [0.3, 0.4) is 0 Å². The predicted molar refractivity (Wildman–Crippen MR) is 35.0 cm³/mol. The number of aliphatic hydroxyl groups is 1. The molecule has 0 radical (unpaired) electrons. The summed E-state index contributed by atoms with van der Waals surface area (Å²) in [5.41, 5.74) is 0. The third-order valence-electron chi connectivity index (χ3n) is 0.585. The first-order valence-electron chi connectivity index (χ1n) is 2.44. The van der Waals surface area contributed by atoms with Crippen LogP contribution in [0.25, 0.3) is 0 Å². The molecule has 0 rings (SSSR count). The highest BCUT2D eigenvalue weighted by atomic mass is 32.2. The summed E-state index contributed by atoms with van der Waals surface area (Å²) in [6.45, 7) is 2.61. The lowest BCUT2D eigenvalue weighted by molar-refractivity contribution is -0.118. The molecule has 1 N–H and O–H groups in total. The van der Waals surface area contributed by atoms with Crippen LogP contribution in [0.5, 0.6) is 0 Å². The smallest absolute Gasteiger partial charge is 0.224 e. The van der Waals surface area contributed by atoms with Crippen LogP contribution in [-0.2, 0) is 9.59 Å². The molecule has 0 saturated heterocycles. The molecule has 0 aromatic carbocycles. The van der Waals surface area contributed by atoms with Crippen LogP contribution in [0.1, 0.15) is 13.8 Å². The lowest BCUT2D eigenvalue weighted by Gasteiger charge is -1.96. The van der Waals surface area contributed by atoms with Crippen molar-refractivity contribution in [2.45, 2.75) is 20.0 Å². The van der Waals surface area contributed by atoms with E-state index in [9.17, 15) is 9.59 Å². The van der Waals surface area contributed by atoms with Gasteiger partial charge < -0.3 is 5.11 Å². The van der Waals surface area contributed by atoms with E-state index in [1.165, 1.54) is 13.8 Å². The Morgan fingerprint density at radius 2 is 2.00 bits per heavy atom. The fraction of sp³-hybridized carbons (Fsp3) is 0.600. The number of thioether (sulfide) groups is 1. The van der Waals surface area contributed by atoms with E-state index in [4.69, 9.17) is 5.11 Å².